The number of halogens is 3. The van der Waals surface area contributed by atoms with Crippen molar-refractivity contribution < 1.29 is 18.3 Å². The van der Waals surface area contributed by atoms with Gasteiger partial charge in [-0.05, 0) is 30.9 Å². The molecule has 0 saturated heterocycles. The van der Waals surface area contributed by atoms with Crippen molar-refractivity contribution in [1.82, 2.24) is 5.32 Å². The normalized spacial score (nSPS) is 25.6. The van der Waals surface area contributed by atoms with Gasteiger partial charge in [-0.2, -0.15) is 13.2 Å². The van der Waals surface area contributed by atoms with Crippen molar-refractivity contribution in [2.75, 3.05) is 6.54 Å². The predicted molar refractivity (Wildman–Crippen MR) is 62.0 cm³/mol. The van der Waals surface area contributed by atoms with Crippen molar-refractivity contribution in [2.24, 2.45) is 5.92 Å². The van der Waals surface area contributed by atoms with E-state index >= 15 is 0 Å². The van der Waals surface area contributed by atoms with Crippen molar-refractivity contribution in [3.05, 3.63) is 35.9 Å². The van der Waals surface area contributed by atoms with Gasteiger partial charge in [0, 0.05) is 0 Å². The highest BCUT2D eigenvalue weighted by Gasteiger charge is 2.41. The number of aliphatic hydroxyl groups is 1. The molecule has 0 spiro atoms. The van der Waals surface area contributed by atoms with Gasteiger partial charge in [-0.1, -0.05) is 30.3 Å². The Morgan fingerprint density at radius 2 is 1.83 bits per heavy atom. The summed E-state index contributed by atoms with van der Waals surface area (Å²) in [7, 11) is 0. The van der Waals surface area contributed by atoms with Crippen LogP contribution >= 0.6 is 0 Å². The molecule has 1 fully saturated rings. The molecule has 0 amide bonds. The average molecular weight is 259 g/mol. The van der Waals surface area contributed by atoms with Gasteiger partial charge < -0.3 is 10.4 Å². The molecule has 100 valence electrons. The zero-order chi connectivity index (χ0) is 13.2. The Morgan fingerprint density at radius 3 is 2.33 bits per heavy atom. The van der Waals surface area contributed by atoms with E-state index < -0.39 is 12.2 Å². The molecule has 1 unspecified atom stereocenters. The lowest BCUT2D eigenvalue weighted by Crippen LogP contribution is -2.41. The molecule has 1 aromatic carbocycles. The maximum atomic E-state index is 12.9. The molecule has 0 aromatic heterocycles. The molecule has 1 aliphatic rings. The van der Waals surface area contributed by atoms with Gasteiger partial charge >= 0.3 is 6.18 Å². The van der Waals surface area contributed by atoms with Crippen LogP contribution in [0.2, 0.25) is 0 Å². The van der Waals surface area contributed by atoms with E-state index in [2.05, 4.69) is 5.32 Å². The summed E-state index contributed by atoms with van der Waals surface area (Å²) in [4.78, 5) is 0. The van der Waals surface area contributed by atoms with Gasteiger partial charge in [0.25, 0.3) is 0 Å². The van der Waals surface area contributed by atoms with Crippen molar-refractivity contribution in [3.63, 3.8) is 0 Å². The number of alkyl halides is 3. The van der Waals surface area contributed by atoms with Crippen LogP contribution in [0, 0.1) is 5.92 Å². The number of rotatable bonds is 4. The van der Waals surface area contributed by atoms with Crippen molar-refractivity contribution in [3.8, 4) is 0 Å². The number of nitrogens with one attached hydrogen (secondary N) is 1. The number of aliphatic hydroxyl groups excluding tert-OH is 1. The first-order valence-electron chi connectivity index (χ1n) is 6.00. The molecule has 0 bridgehead atoms. The summed E-state index contributed by atoms with van der Waals surface area (Å²) in [6.07, 6.45) is -3.46. The molecule has 2 nitrogen and oxygen atoms in total. The Hall–Kier alpha value is -1.07. The molecule has 1 aliphatic carbocycles. The fraction of sp³-hybridized carbons (Fsp3) is 0.538. The third-order valence-electron chi connectivity index (χ3n) is 3.28. The van der Waals surface area contributed by atoms with Crippen molar-refractivity contribution in [2.45, 2.75) is 31.2 Å². The largest absolute Gasteiger partial charge is 0.407 e. The molecule has 0 heterocycles. The summed E-state index contributed by atoms with van der Waals surface area (Å²) >= 11 is 0. The Balaban J connectivity index is 1.98. The quantitative estimate of drug-likeness (QED) is 0.871. The van der Waals surface area contributed by atoms with Gasteiger partial charge in [0.15, 0.2) is 0 Å². The molecule has 1 saturated carbocycles. The van der Waals surface area contributed by atoms with E-state index in [1.165, 1.54) is 12.1 Å². The SMILES string of the molecule is OC1CC(CNC(c2ccccc2)C(F)(F)F)C1. The fourth-order valence-electron chi connectivity index (χ4n) is 2.22. The summed E-state index contributed by atoms with van der Waals surface area (Å²) in [5.74, 6) is 0.147. The highest BCUT2D eigenvalue weighted by Crippen LogP contribution is 2.34. The van der Waals surface area contributed by atoms with Gasteiger partial charge in [0.1, 0.15) is 6.04 Å². The smallest absolute Gasteiger partial charge is 0.393 e. The monoisotopic (exact) mass is 259 g/mol. The minimum Gasteiger partial charge on any atom is -0.393 e. The second kappa shape index (κ2) is 5.28. The number of benzene rings is 1. The first-order chi connectivity index (χ1) is 8.47. The van der Waals surface area contributed by atoms with Crippen LogP contribution in [0.4, 0.5) is 13.2 Å². The minimum absolute atomic E-state index is 0.147. The van der Waals surface area contributed by atoms with E-state index in [1.54, 1.807) is 18.2 Å². The second-order valence-corrected chi connectivity index (χ2v) is 4.78. The lowest BCUT2D eigenvalue weighted by atomic mass is 9.82. The number of hydrogen-bond acceptors (Lipinski definition) is 2. The minimum atomic E-state index is -4.30. The first kappa shape index (κ1) is 13.4. The molecule has 18 heavy (non-hydrogen) atoms. The molecule has 5 heteroatoms. The van der Waals surface area contributed by atoms with Crippen LogP contribution in [-0.4, -0.2) is 23.9 Å². The van der Waals surface area contributed by atoms with Gasteiger partial charge in [-0.25, -0.2) is 0 Å². The summed E-state index contributed by atoms with van der Waals surface area (Å²) in [6.45, 7) is 0.288. The lowest BCUT2D eigenvalue weighted by molar-refractivity contribution is -0.158. The van der Waals surface area contributed by atoms with Gasteiger partial charge in [-0.3, -0.25) is 0 Å². The predicted octanol–water partition coefficient (Wildman–Crippen LogP) is 2.65. The van der Waals surface area contributed by atoms with E-state index in [-0.39, 0.29) is 24.1 Å². The summed E-state index contributed by atoms with van der Waals surface area (Å²) in [5.41, 5.74) is 0.227. The van der Waals surface area contributed by atoms with E-state index in [4.69, 9.17) is 5.11 Å². The van der Waals surface area contributed by atoms with Gasteiger partial charge in [-0.15, -0.1) is 0 Å². The van der Waals surface area contributed by atoms with Gasteiger partial charge in [0.2, 0.25) is 0 Å². The first-order valence-corrected chi connectivity index (χ1v) is 6.00. The second-order valence-electron chi connectivity index (χ2n) is 4.78. The Kier molecular flexibility index (Phi) is 3.92. The van der Waals surface area contributed by atoms with E-state index in [1.807, 2.05) is 0 Å². The molecule has 0 radical (unpaired) electrons. The third-order valence-corrected chi connectivity index (χ3v) is 3.28. The van der Waals surface area contributed by atoms with Crippen LogP contribution in [0.3, 0.4) is 0 Å². The molecule has 1 atom stereocenters. The standard InChI is InChI=1S/C13H16F3NO/c14-13(15,16)12(10-4-2-1-3-5-10)17-8-9-6-11(18)7-9/h1-5,9,11-12,17-18H,6-8H2. The fourth-order valence-corrected chi connectivity index (χ4v) is 2.22. The topological polar surface area (TPSA) is 32.3 Å². The molecule has 1 aromatic rings. The van der Waals surface area contributed by atoms with E-state index in [9.17, 15) is 13.2 Å². The summed E-state index contributed by atoms with van der Waals surface area (Å²) in [5, 5.41) is 11.7. The Labute approximate surface area is 104 Å². The van der Waals surface area contributed by atoms with Crippen LogP contribution < -0.4 is 5.32 Å². The Bertz CT molecular complexity index is 374. The summed E-state index contributed by atoms with van der Waals surface area (Å²) < 4.78 is 38.8. The van der Waals surface area contributed by atoms with Crippen LogP contribution in [0.15, 0.2) is 30.3 Å². The van der Waals surface area contributed by atoms with Crippen LogP contribution in [0.25, 0.3) is 0 Å². The lowest BCUT2D eigenvalue weighted by Gasteiger charge is -2.33. The van der Waals surface area contributed by atoms with Crippen LogP contribution in [0.5, 0.6) is 0 Å². The number of hydrogen-bond donors (Lipinski definition) is 2. The van der Waals surface area contributed by atoms with E-state index in [0.717, 1.165) is 0 Å². The molecule has 0 aliphatic heterocycles. The van der Waals surface area contributed by atoms with E-state index in [0.29, 0.717) is 12.8 Å². The molecule has 2 rings (SSSR count). The highest BCUT2D eigenvalue weighted by atomic mass is 19.4. The molecular weight excluding hydrogens is 243 g/mol. The molecular formula is C13H16F3NO. The van der Waals surface area contributed by atoms with Gasteiger partial charge in [0.05, 0.1) is 6.10 Å². The molecule has 2 N–H and O–H groups in total. The maximum absolute atomic E-state index is 12.9. The highest BCUT2D eigenvalue weighted by molar-refractivity contribution is 5.20. The van der Waals surface area contributed by atoms with Crippen molar-refractivity contribution >= 4 is 0 Å². The average Bonchev–Trinajstić information content (AvgIpc) is 2.26. The van der Waals surface area contributed by atoms with Crippen molar-refractivity contribution in [1.29, 1.82) is 0 Å². The zero-order valence-corrected chi connectivity index (χ0v) is 9.82. The maximum Gasteiger partial charge on any atom is 0.407 e. The Morgan fingerprint density at radius 1 is 1.22 bits per heavy atom. The third kappa shape index (κ3) is 3.23. The van der Waals surface area contributed by atoms with Crippen LogP contribution in [-0.2, 0) is 0 Å². The summed E-state index contributed by atoms with van der Waals surface area (Å²) in [6, 6.07) is 6.21. The van der Waals surface area contributed by atoms with Crippen LogP contribution in [0.1, 0.15) is 24.4 Å². The zero-order valence-electron chi connectivity index (χ0n) is 9.82.